The highest BCUT2D eigenvalue weighted by Gasteiger charge is 2.35. The Kier molecular flexibility index (Phi) is 5.36. The number of fused-ring (bicyclic) bond motifs is 1. The van der Waals surface area contributed by atoms with Crippen molar-refractivity contribution >= 4 is 52.5 Å². The van der Waals surface area contributed by atoms with E-state index in [0.29, 0.717) is 40.1 Å². The van der Waals surface area contributed by atoms with E-state index in [0.717, 1.165) is 5.56 Å². The molecule has 4 rings (SSSR count). The van der Waals surface area contributed by atoms with Gasteiger partial charge in [-0.2, -0.15) is 0 Å². The van der Waals surface area contributed by atoms with Crippen LogP contribution in [0.3, 0.4) is 0 Å². The normalized spacial score (nSPS) is 16.8. The van der Waals surface area contributed by atoms with Crippen LogP contribution < -0.4 is 24.4 Å². The van der Waals surface area contributed by atoms with Gasteiger partial charge in [0.15, 0.2) is 16.6 Å². The topological polar surface area (TPSA) is 77.1 Å². The molecule has 0 saturated carbocycles. The minimum atomic E-state index is -0.598. The van der Waals surface area contributed by atoms with Crippen LogP contribution >= 0.6 is 23.8 Å². The molecule has 2 aromatic carbocycles. The average Bonchev–Trinajstić information content (AvgIpc) is 3.15. The number of benzene rings is 2. The van der Waals surface area contributed by atoms with Gasteiger partial charge < -0.3 is 14.2 Å². The van der Waals surface area contributed by atoms with Crippen LogP contribution in [0.4, 0.5) is 5.69 Å². The molecule has 0 atom stereocenters. The molecule has 0 unspecified atom stereocenters. The molecule has 0 spiro atoms. The molecule has 30 heavy (non-hydrogen) atoms. The molecule has 1 N–H and O–H groups in total. The first-order chi connectivity index (χ1) is 14.4. The first-order valence-electron chi connectivity index (χ1n) is 9.13. The maximum Gasteiger partial charge on any atom is 0.270 e. The first-order valence-corrected chi connectivity index (χ1v) is 9.91. The van der Waals surface area contributed by atoms with Crippen LogP contribution in [0.15, 0.2) is 35.9 Å². The van der Waals surface area contributed by atoms with E-state index < -0.39 is 11.8 Å². The summed E-state index contributed by atoms with van der Waals surface area (Å²) in [7, 11) is 0. The predicted octanol–water partition coefficient (Wildman–Crippen LogP) is 3.61. The molecule has 2 amide bonds. The number of ether oxygens (including phenoxy) is 3. The van der Waals surface area contributed by atoms with Crippen LogP contribution in [0.5, 0.6) is 17.2 Å². The number of nitrogens with zero attached hydrogens (tertiary/aromatic N) is 1. The molecule has 1 saturated heterocycles. The monoisotopic (exact) mass is 444 g/mol. The summed E-state index contributed by atoms with van der Waals surface area (Å²) in [5.74, 6) is 0.347. The van der Waals surface area contributed by atoms with Gasteiger partial charge in [-0.25, -0.2) is 0 Å². The van der Waals surface area contributed by atoms with E-state index in [1.54, 1.807) is 30.3 Å². The molecule has 2 aliphatic rings. The minimum absolute atomic E-state index is 0.0159. The Balaban J connectivity index is 1.77. The smallest absolute Gasteiger partial charge is 0.270 e. The van der Waals surface area contributed by atoms with Crippen LogP contribution in [0.2, 0.25) is 5.02 Å². The summed E-state index contributed by atoms with van der Waals surface area (Å²) in [6, 6.07) is 8.46. The van der Waals surface area contributed by atoms with E-state index in [4.69, 9.17) is 38.0 Å². The van der Waals surface area contributed by atoms with Crippen molar-refractivity contribution in [1.82, 2.24) is 5.32 Å². The lowest BCUT2D eigenvalue weighted by atomic mass is 10.1. The quantitative estimate of drug-likeness (QED) is 0.441. The van der Waals surface area contributed by atoms with Gasteiger partial charge in [0.25, 0.3) is 11.8 Å². The standard InChI is InChI=1S/C21H17ClN2O5S/c1-3-27-16-9-18-17(28-10-29-18)7-12(16)6-14-19(25)23-21(30)24(20(14)26)13-5-4-11(2)15(22)8-13/h4-9H,3,10H2,1-2H3,(H,23,25,30)/b14-6+. The number of carbonyl (C=O) groups excluding carboxylic acids is 2. The second kappa shape index (κ2) is 7.97. The second-order valence-electron chi connectivity index (χ2n) is 6.57. The molecule has 9 heteroatoms. The van der Waals surface area contributed by atoms with E-state index in [1.807, 2.05) is 13.8 Å². The maximum atomic E-state index is 13.2. The fourth-order valence-electron chi connectivity index (χ4n) is 3.10. The third-order valence-electron chi connectivity index (χ3n) is 4.62. The van der Waals surface area contributed by atoms with Gasteiger partial charge in [0.1, 0.15) is 11.3 Å². The lowest BCUT2D eigenvalue weighted by Gasteiger charge is -2.29. The van der Waals surface area contributed by atoms with E-state index in [2.05, 4.69) is 5.32 Å². The zero-order chi connectivity index (χ0) is 21.4. The number of nitrogens with one attached hydrogen (secondary N) is 1. The molecule has 2 aliphatic heterocycles. The minimum Gasteiger partial charge on any atom is -0.493 e. The molecule has 154 valence electrons. The Morgan fingerprint density at radius 3 is 2.67 bits per heavy atom. The van der Waals surface area contributed by atoms with Gasteiger partial charge in [-0.1, -0.05) is 17.7 Å². The molecule has 2 heterocycles. The van der Waals surface area contributed by atoms with Crippen molar-refractivity contribution in [2.24, 2.45) is 0 Å². The van der Waals surface area contributed by atoms with Gasteiger partial charge in [0.2, 0.25) is 6.79 Å². The fraction of sp³-hybridized carbons (Fsp3) is 0.190. The van der Waals surface area contributed by atoms with Gasteiger partial charge in [-0.15, -0.1) is 0 Å². The van der Waals surface area contributed by atoms with E-state index in [-0.39, 0.29) is 17.5 Å². The van der Waals surface area contributed by atoms with Crippen molar-refractivity contribution in [1.29, 1.82) is 0 Å². The maximum absolute atomic E-state index is 13.2. The number of hydrogen-bond acceptors (Lipinski definition) is 6. The van der Waals surface area contributed by atoms with Crippen molar-refractivity contribution in [3.63, 3.8) is 0 Å². The molecule has 0 aliphatic carbocycles. The molecule has 7 nitrogen and oxygen atoms in total. The number of hydrogen-bond donors (Lipinski definition) is 1. The first kappa shape index (κ1) is 20.2. The highest BCUT2D eigenvalue weighted by molar-refractivity contribution is 7.80. The number of aryl methyl sites for hydroxylation is 1. The number of thiocarbonyl (C=S) groups is 1. The predicted molar refractivity (Wildman–Crippen MR) is 116 cm³/mol. The van der Waals surface area contributed by atoms with Gasteiger partial charge in [-0.05, 0) is 55.9 Å². The molecule has 0 radical (unpaired) electrons. The van der Waals surface area contributed by atoms with Crippen LogP contribution in [0.1, 0.15) is 18.1 Å². The second-order valence-corrected chi connectivity index (χ2v) is 7.36. The van der Waals surface area contributed by atoms with Crippen molar-refractivity contribution in [2.75, 3.05) is 18.3 Å². The summed E-state index contributed by atoms with van der Waals surface area (Å²) in [4.78, 5) is 27.0. The van der Waals surface area contributed by atoms with Gasteiger partial charge in [0.05, 0.1) is 12.3 Å². The third kappa shape index (κ3) is 3.59. The van der Waals surface area contributed by atoms with Crippen LogP contribution in [-0.2, 0) is 9.59 Å². The molecule has 1 fully saturated rings. The molecule has 0 aromatic heterocycles. The van der Waals surface area contributed by atoms with Crippen molar-refractivity contribution in [3.8, 4) is 17.2 Å². The Bertz CT molecular complexity index is 1110. The largest absolute Gasteiger partial charge is 0.493 e. The van der Waals surface area contributed by atoms with Gasteiger partial charge >= 0.3 is 0 Å². The number of rotatable bonds is 4. The number of amides is 2. The summed E-state index contributed by atoms with van der Waals surface area (Å²) in [6.07, 6.45) is 1.45. The Hall–Kier alpha value is -3.10. The molecule has 0 bridgehead atoms. The Morgan fingerprint density at radius 2 is 1.97 bits per heavy atom. The third-order valence-corrected chi connectivity index (χ3v) is 5.31. The number of anilines is 1. The zero-order valence-corrected chi connectivity index (χ0v) is 17.7. The van der Waals surface area contributed by atoms with E-state index in [1.165, 1.54) is 11.0 Å². The summed E-state index contributed by atoms with van der Waals surface area (Å²) in [5, 5.41) is 3.03. The van der Waals surface area contributed by atoms with Crippen LogP contribution in [0, 0.1) is 6.92 Å². The van der Waals surface area contributed by atoms with E-state index >= 15 is 0 Å². The number of halogens is 1. The summed E-state index contributed by atoms with van der Waals surface area (Å²) in [6.45, 7) is 4.18. The van der Waals surface area contributed by atoms with E-state index in [9.17, 15) is 9.59 Å². The molecular formula is C21H17ClN2O5S. The zero-order valence-electron chi connectivity index (χ0n) is 16.2. The van der Waals surface area contributed by atoms with Gasteiger partial charge in [0, 0.05) is 16.7 Å². The average molecular weight is 445 g/mol. The number of carbonyl (C=O) groups is 2. The molecule has 2 aromatic rings. The SMILES string of the molecule is CCOc1cc2c(cc1/C=C1\C(=O)NC(=S)N(c3ccc(C)c(Cl)c3)C1=O)OCO2. The lowest BCUT2D eigenvalue weighted by Crippen LogP contribution is -2.54. The van der Waals surface area contributed by atoms with Crippen LogP contribution in [0.25, 0.3) is 6.08 Å². The van der Waals surface area contributed by atoms with Crippen LogP contribution in [-0.4, -0.2) is 30.3 Å². The van der Waals surface area contributed by atoms with Crippen molar-refractivity contribution in [2.45, 2.75) is 13.8 Å². The summed E-state index contributed by atoms with van der Waals surface area (Å²) in [5.41, 5.74) is 1.73. The van der Waals surface area contributed by atoms with Crippen molar-refractivity contribution < 1.29 is 23.8 Å². The highest BCUT2D eigenvalue weighted by atomic mass is 35.5. The highest BCUT2D eigenvalue weighted by Crippen LogP contribution is 2.39. The lowest BCUT2D eigenvalue weighted by molar-refractivity contribution is -0.122. The Labute approximate surface area is 183 Å². The molecular weight excluding hydrogens is 428 g/mol. The van der Waals surface area contributed by atoms with Gasteiger partial charge in [-0.3, -0.25) is 19.8 Å². The summed E-state index contributed by atoms with van der Waals surface area (Å²) < 4.78 is 16.4. The summed E-state index contributed by atoms with van der Waals surface area (Å²) >= 11 is 11.4. The fourth-order valence-corrected chi connectivity index (χ4v) is 3.56. The Morgan fingerprint density at radius 1 is 1.23 bits per heavy atom. The van der Waals surface area contributed by atoms with Crippen molar-refractivity contribution in [3.05, 3.63) is 52.1 Å².